The molecule has 2 rings (SSSR count). The number of aromatic nitrogens is 3. The zero-order chi connectivity index (χ0) is 14.2. The lowest BCUT2D eigenvalue weighted by molar-refractivity contribution is 0.358. The van der Waals surface area contributed by atoms with Crippen LogP contribution in [-0.2, 0) is 0 Å². The molecule has 19 heavy (non-hydrogen) atoms. The van der Waals surface area contributed by atoms with Gasteiger partial charge in [0.25, 0.3) is 0 Å². The van der Waals surface area contributed by atoms with Crippen molar-refractivity contribution in [2.24, 2.45) is 5.41 Å². The molecule has 1 N–H and O–H groups in total. The normalized spacial score (nSPS) is 14.0. The van der Waals surface area contributed by atoms with Crippen molar-refractivity contribution in [3.8, 4) is 0 Å². The summed E-state index contributed by atoms with van der Waals surface area (Å²) < 4.78 is 1.93. The molecule has 0 spiro atoms. The van der Waals surface area contributed by atoms with Crippen LogP contribution < -0.4 is 5.32 Å². The molecule has 0 saturated heterocycles. The molecular weight excluding hydrogens is 236 g/mol. The molecule has 0 aromatic carbocycles. The second-order valence-electron chi connectivity index (χ2n) is 6.52. The molecule has 0 saturated carbocycles. The minimum atomic E-state index is 0.278. The highest BCUT2D eigenvalue weighted by Gasteiger charge is 2.16. The Balaban J connectivity index is 2.27. The molecule has 0 bridgehead atoms. The number of hydrogen-bond acceptors (Lipinski definition) is 3. The monoisotopic (exact) mass is 260 g/mol. The first-order valence-corrected chi connectivity index (χ1v) is 6.83. The van der Waals surface area contributed by atoms with Crippen molar-refractivity contribution in [2.75, 3.05) is 6.54 Å². The van der Waals surface area contributed by atoms with Crippen LogP contribution in [-0.4, -0.2) is 21.1 Å². The van der Waals surface area contributed by atoms with Crippen LogP contribution >= 0.6 is 0 Å². The first-order chi connectivity index (χ1) is 8.78. The zero-order valence-corrected chi connectivity index (χ0v) is 12.8. The number of aryl methyl sites for hydroxylation is 2. The minimum Gasteiger partial charge on any atom is -0.310 e. The Morgan fingerprint density at radius 2 is 2.00 bits per heavy atom. The van der Waals surface area contributed by atoms with Crippen LogP contribution in [0.5, 0.6) is 0 Å². The highest BCUT2D eigenvalue weighted by molar-refractivity contribution is 5.42. The Morgan fingerprint density at radius 1 is 1.32 bits per heavy atom. The van der Waals surface area contributed by atoms with Gasteiger partial charge in [0, 0.05) is 36.1 Å². The van der Waals surface area contributed by atoms with Gasteiger partial charge in [0.1, 0.15) is 0 Å². The van der Waals surface area contributed by atoms with E-state index in [2.05, 4.69) is 50.0 Å². The average Bonchev–Trinajstić information content (AvgIpc) is 2.67. The summed E-state index contributed by atoms with van der Waals surface area (Å²) in [5, 5.41) is 8.06. The third-order valence-corrected chi connectivity index (χ3v) is 3.29. The van der Waals surface area contributed by atoms with E-state index in [1.807, 2.05) is 23.7 Å². The van der Waals surface area contributed by atoms with Gasteiger partial charge in [-0.3, -0.25) is 0 Å². The summed E-state index contributed by atoms with van der Waals surface area (Å²) in [6.07, 6.45) is 1.96. The standard InChI is InChI=1S/C15H24N4/c1-10-7-14-16-8-13(12(3)19(14)18-10)11(2)17-9-15(4,5)6/h7-8,11,17H,9H2,1-6H3. The molecule has 1 unspecified atom stereocenters. The Morgan fingerprint density at radius 3 is 2.63 bits per heavy atom. The highest BCUT2D eigenvalue weighted by atomic mass is 15.3. The van der Waals surface area contributed by atoms with E-state index in [4.69, 9.17) is 0 Å². The van der Waals surface area contributed by atoms with Gasteiger partial charge in [-0.2, -0.15) is 5.10 Å². The first-order valence-electron chi connectivity index (χ1n) is 6.83. The highest BCUT2D eigenvalue weighted by Crippen LogP contribution is 2.20. The van der Waals surface area contributed by atoms with E-state index >= 15 is 0 Å². The molecule has 0 radical (unpaired) electrons. The zero-order valence-electron chi connectivity index (χ0n) is 12.8. The summed E-state index contributed by atoms with van der Waals surface area (Å²) >= 11 is 0. The summed E-state index contributed by atoms with van der Waals surface area (Å²) in [6, 6.07) is 2.28. The maximum atomic E-state index is 4.49. The predicted octanol–water partition coefficient (Wildman–Crippen LogP) is 3.04. The lowest BCUT2D eigenvalue weighted by Gasteiger charge is -2.23. The van der Waals surface area contributed by atoms with Crippen LogP contribution in [0.15, 0.2) is 12.3 Å². The number of rotatable bonds is 3. The fourth-order valence-corrected chi connectivity index (χ4v) is 2.17. The van der Waals surface area contributed by atoms with Crippen LogP contribution in [0, 0.1) is 19.3 Å². The van der Waals surface area contributed by atoms with Crippen LogP contribution in [0.2, 0.25) is 0 Å². The second kappa shape index (κ2) is 4.93. The van der Waals surface area contributed by atoms with E-state index in [0.29, 0.717) is 0 Å². The Kier molecular flexibility index (Phi) is 3.63. The van der Waals surface area contributed by atoms with Crippen LogP contribution in [0.25, 0.3) is 5.65 Å². The topological polar surface area (TPSA) is 42.2 Å². The molecule has 0 aliphatic rings. The van der Waals surface area contributed by atoms with E-state index in [9.17, 15) is 0 Å². The summed E-state index contributed by atoms with van der Waals surface area (Å²) in [6.45, 7) is 14.0. The molecule has 4 heteroatoms. The van der Waals surface area contributed by atoms with Gasteiger partial charge in [-0.1, -0.05) is 20.8 Å². The lowest BCUT2D eigenvalue weighted by atomic mass is 9.96. The maximum Gasteiger partial charge on any atom is 0.155 e. The number of nitrogens with zero attached hydrogens (tertiary/aromatic N) is 3. The van der Waals surface area contributed by atoms with Gasteiger partial charge >= 0.3 is 0 Å². The van der Waals surface area contributed by atoms with Crippen LogP contribution in [0.4, 0.5) is 0 Å². The van der Waals surface area contributed by atoms with Gasteiger partial charge in [0.05, 0.1) is 5.69 Å². The van der Waals surface area contributed by atoms with Gasteiger partial charge < -0.3 is 5.32 Å². The molecule has 0 fully saturated rings. The van der Waals surface area contributed by atoms with Gasteiger partial charge in [0.15, 0.2) is 5.65 Å². The molecule has 2 heterocycles. The predicted molar refractivity (Wildman–Crippen MR) is 78.3 cm³/mol. The van der Waals surface area contributed by atoms with Crippen molar-refractivity contribution >= 4 is 5.65 Å². The second-order valence-corrected chi connectivity index (χ2v) is 6.52. The largest absolute Gasteiger partial charge is 0.310 e. The van der Waals surface area contributed by atoms with Crippen LogP contribution in [0.1, 0.15) is 50.7 Å². The molecule has 0 aliphatic carbocycles. The third kappa shape index (κ3) is 3.13. The Labute approximate surface area is 115 Å². The van der Waals surface area contributed by atoms with Crippen molar-refractivity contribution in [2.45, 2.75) is 47.6 Å². The van der Waals surface area contributed by atoms with Crippen molar-refractivity contribution in [1.29, 1.82) is 0 Å². The Bertz CT molecular complexity index is 578. The van der Waals surface area contributed by atoms with Crippen LogP contribution in [0.3, 0.4) is 0 Å². The van der Waals surface area contributed by atoms with Gasteiger partial charge in [-0.25, -0.2) is 9.50 Å². The molecule has 4 nitrogen and oxygen atoms in total. The fraction of sp³-hybridized carbons (Fsp3) is 0.600. The smallest absolute Gasteiger partial charge is 0.155 e. The molecule has 0 amide bonds. The first kappa shape index (κ1) is 14.0. The van der Waals surface area contributed by atoms with Crippen molar-refractivity contribution in [1.82, 2.24) is 19.9 Å². The van der Waals surface area contributed by atoms with E-state index in [1.165, 1.54) is 5.56 Å². The number of nitrogens with one attached hydrogen (secondary N) is 1. The minimum absolute atomic E-state index is 0.278. The fourth-order valence-electron chi connectivity index (χ4n) is 2.17. The maximum absolute atomic E-state index is 4.49. The quantitative estimate of drug-likeness (QED) is 0.922. The van der Waals surface area contributed by atoms with Gasteiger partial charge in [-0.15, -0.1) is 0 Å². The molecule has 2 aromatic heterocycles. The summed E-state index contributed by atoms with van der Waals surface area (Å²) in [4.78, 5) is 4.49. The van der Waals surface area contributed by atoms with Crippen molar-refractivity contribution < 1.29 is 0 Å². The van der Waals surface area contributed by atoms with Gasteiger partial charge in [0.2, 0.25) is 0 Å². The summed E-state index contributed by atoms with van der Waals surface area (Å²) in [5.41, 5.74) is 4.57. The Hall–Kier alpha value is -1.42. The number of hydrogen-bond donors (Lipinski definition) is 1. The SMILES string of the molecule is Cc1cc2ncc(C(C)NCC(C)(C)C)c(C)n2n1. The molecule has 1 atom stereocenters. The van der Waals surface area contributed by atoms with E-state index in [-0.39, 0.29) is 11.5 Å². The van der Waals surface area contributed by atoms with Crippen molar-refractivity contribution in [3.63, 3.8) is 0 Å². The third-order valence-electron chi connectivity index (χ3n) is 3.29. The number of fused-ring (bicyclic) bond motifs is 1. The van der Waals surface area contributed by atoms with E-state index in [1.54, 1.807) is 0 Å². The van der Waals surface area contributed by atoms with Gasteiger partial charge in [-0.05, 0) is 26.2 Å². The molecular formula is C15H24N4. The lowest BCUT2D eigenvalue weighted by Crippen LogP contribution is -2.29. The van der Waals surface area contributed by atoms with E-state index in [0.717, 1.165) is 23.6 Å². The van der Waals surface area contributed by atoms with E-state index < -0.39 is 0 Å². The molecule has 104 valence electrons. The molecule has 0 aliphatic heterocycles. The molecule has 2 aromatic rings. The summed E-state index contributed by atoms with van der Waals surface area (Å²) in [5.74, 6) is 0. The summed E-state index contributed by atoms with van der Waals surface area (Å²) in [7, 11) is 0. The van der Waals surface area contributed by atoms with Crippen molar-refractivity contribution in [3.05, 3.63) is 29.2 Å². The average molecular weight is 260 g/mol.